The third-order valence-electron chi connectivity index (χ3n) is 2.67. The van der Waals surface area contributed by atoms with Gasteiger partial charge in [-0.25, -0.2) is 8.42 Å². The minimum atomic E-state index is -3.37. The van der Waals surface area contributed by atoms with Gasteiger partial charge in [0.1, 0.15) is 5.21 Å². The molecule has 0 aromatic carbocycles. The zero-order chi connectivity index (χ0) is 11.8. The number of hydrogen-bond acceptors (Lipinski definition) is 4. The molecule has 0 radical (unpaired) electrons. The molecule has 1 aliphatic rings. The molecule has 1 saturated heterocycles. The van der Waals surface area contributed by atoms with E-state index in [9.17, 15) is 8.42 Å². The number of hydrogen-bond donors (Lipinski definition) is 0. The minimum absolute atomic E-state index is 0.245. The summed E-state index contributed by atoms with van der Waals surface area (Å²) in [5, 5.41) is 3.38. The van der Waals surface area contributed by atoms with E-state index in [1.54, 1.807) is 6.07 Å². The van der Waals surface area contributed by atoms with Crippen LogP contribution in [0.4, 0.5) is 0 Å². The van der Waals surface area contributed by atoms with Gasteiger partial charge >= 0.3 is 0 Å². The maximum atomic E-state index is 11.7. The minimum Gasteiger partial charge on any atom is -0.359 e. The summed E-state index contributed by atoms with van der Waals surface area (Å²) < 4.78 is 30.0. The largest absolute Gasteiger partial charge is 0.359 e. The lowest BCUT2D eigenvalue weighted by atomic mass is 10.2. The maximum Gasteiger partial charge on any atom is 0.228 e. The number of aromatic nitrogens is 1. The monoisotopic (exact) mass is 264 g/mol. The van der Waals surface area contributed by atoms with Gasteiger partial charge in [-0.05, 0) is 19.8 Å². The van der Waals surface area contributed by atoms with Crippen molar-refractivity contribution in [3.8, 4) is 0 Å². The molecule has 1 fully saturated rings. The Bertz CT molecular complexity index is 471. The van der Waals surface area contributed by atoms with Gasteiger partial charge in [-0.15, -0.1) is 11.6 Å². The lowest BCUT2D eigenvalue weighted by Gasteiger charge is -2.20. The van der Waals surface area contributed by atoms with Crippen molar-refractivity contribution in [2.24, 2.45) is 0 Å². The fourth-order valence-corrected chi connectivity index (χ4v) is 3.47. The highest BCUT2D eigenvalue weighted by Gasteiger charge is 2.36. The molecule has 1 atom stereocenters. The number of rotatable bonds is 3. The van der Waals surface area contributed by atoms with Gasteiger partial charge in [0.25, 0.3) is 0 Å². The van der Waals surface area contributed by atoms with Crippen molar-refractivity contribution in [3.05, 3.63) is 17.5 Å². The Morgan fingerprint density at radius 2 is 2.44 bits per heavy atom. The van der Waals surface area contributed by atoms with Crippen molar-refractivity contribution in [2.75, 3.05) is 11.8 Å². The predicted octanol–water partition coefficient (Wildman–Crippen LogP) is 1.65. The summed E-state index contributed by atoms with van der Waals surface area (Å²) in [6.07, 6.45) is 1.57. The average Bonchev–Trinajstić information content (AvgIpc) is 2.85. The van der Waals surface area contributed by atoms with Crippen LogP contribution in [-0.4, -0.2) is 29.6 Å². The summed E-state index contributed by atoms with van der Waals surface area (Å²) in [5.41, 5.74) is 0.755. The highest BCUT2D eigenvalue weighted by atomic mass is 35.5. The second-order valence-electron chi connectivity index (χ2n) is 3.86. The maximum absolute atomic E-state index is 11.7. The van der Waals surface area contributed by atoms with Crippen LogP contribution in [0, 0.1) is 6.92 Å². The molecule has 0 saturated carbocycles. The number of aryl methyl sites for hydroxylation is 1. The zero-order valence-electron chi connectivity index (χ0n) is 8.89. The molecule has 2 rings (SSSR count). The van der Waals surface area contributed by atoms with E-state index in [4.69, 9.17) is 16.1 Å². The van der Waals surface area contributed by atoms with E-state index in [1.807, 2.05) is 6.92 Å². The summed E-state index contributed by atoms with van der Waals surface area (Å²) in [6, 6.07) is 1.53. The van der Waals surface area contributed by atoms with Crippen LogP contribution in [0.1, 0.15) is 30.3 Å². The molecule has 16 heavy (non-hydrogen) atoms. The predicted molar refractivity (Wildman–Crippen MR) is 59.6 cm³/mol. The normalized spacial score (nSPS) is 22.8. The first-order chi connectivity index (χ1) is 7.54. The van der Waals surface area contributed by atoms with Crippen molar-refractivity contribution in [1.29, 1.82) is 0 Å². The Labute approximate surface area is 99.4 Å². The quantitative estimate of drug-likeness (QED) is 0.779. The SMILES string of the molecule is Cc1cc(C2CCCN2S(=O)(=O)CCl)on1. The number of alkyl halides is 1. The molecule has 1 aromatic rings. The molecular formula is C9H13ClN2O3S. The van der Waals surface area contributed by atoms with Gasteiger partial charge in [0, 0.05) is 12.6 Å². The van der Waals surface area contributed by atoms with Gasteiger partial charge in [0.15, 0.2) is 5.76 Å². The Morgan fingerprint density at radius 1 is 1.69 bits per heavy atom. The first kappa shape index (κ1) is 11.9. The zero-order valence-corrected chi connectivity index (χ0v) is 10.5. The van der Waals surface area contributed by atoms with Crippen LogP contribution in [0.25, 0.3) is 0 Å². The first-order valence-electron chi connectivity index (χ1n) is 5.03. The third-order valence-corrected chi connectivity index (χ3v) is 4.93. The van der Waals surface area contributed by atoms with Crippen molar-refractivity contribution < 1.29 is 12.9 Å². The summed E-state index contributed by atoms with van der Waals surface area (Å²) in [5.74, 6) is 0.601. The van der Waals surface area contributed by atoms with Gasteiger partial charge < -0.3 is 4.52 Å². The Kier molecular flexibility index (Phi) is 3.23. The Balaban J connectivity index is 2.28. The van der Waals surface area contributed by atoms with Crippen molar-refractivity contribution >= 4 is 21.6 Å². The van der Waals surface area contributed by atoms with Crippen LogP contribution in [0.5, 0.6) is 0 Å². The fourth-order valence-electron chi connectivity index (χ4n) is 1.96. The second-order valence-corrected chi connectivity index (χ2v) is 6.37. The fraction of sp³-hybridized carbons (Fsp3) is 0.667. The molecule has 0 bridgehead atoms. The molecule has 0 aliphatic carbocycles. The molecular weight excluding hydrogens is 252 g/mol. The molecule has 0 N–H and O–H groups in total. The van der Waals surface area contributed by atoms with E-state index in [2.05, 4.69) is 5.16 Å². The van der Waals surface area contributed by atoms with Crippen LogP contribution >= 0.6 is 11.6 Å². The van der Waals surface area contributed by atoms with Gasteiger partial charge in [-0.1, -0.05) is 5.16 Å². The van der Waals surface area contributed by atoms with E-state index < -0.39 is 15.2 Å². The van der Waals surface area contributed by atoms with Crippen LogP contribution < -0.4 is 0 Å². The molecule has 0 spiro atoms. The Hall–Kier alpha value is -0.590. The van der Waals surface area contributed by atoms with Gasteiger partial charge in [-0.3, -0.25) is 0 Å². The van der Waals surface area contributed by atoms with E-state index in [0.29, 0.717) is 12.3 Å². The molecule has 7 heteroatoms. The van der Waals surface area contributed by atoms with E-state index in [0.717, 1.165) is 18.5 Å². The van der Waals surface area contributed by atoms with E-state index in [-0.39, 0.29) is 6.04 Å². The summed E-state index contributed by atoms with van der Waals surface area (Å²) in [7, 11) is -3.37. The highest BCUT2D eigenvalue weighted by Crippen LogP contribution is 2.34. The summed E-state index contributed by atoms with van der Waals surface area (Å²) >= 11 is 5.46. The molecule has 2 heterocycles. The van der Waals surface area contributed by atoms with Crippen molar-refractivity contribution in [1.82, 2.24) is 9.46 Å². The average molecular weight is 265 g/mol. The summed E-state index contributed by atoms with van der Waals surface area (Å²) in [4.78, 5) is 0. The van der Waals surface area contributed by atoms with E-state index in [1.165, 1.54) is 4.31 Å². The van der Waals surface area contributed by atoms with Crippen LogP contribution in [-0.2, 0) is 10.0 Å². The van der Waals surface area contributed by atoms with Gasteiger partial charge in [-0.2, -0.15) is 4.31 Å². The smallest absolute Gasteiger partial charge is 0.228 e. The molecule has 5 nitrogen and oxygen atoms in total. The van der Waals surface area contributed by atoms with Crippen LogP contribution in [0.15, 0.2) is 10.6 Å². The molecule has 1 aliphatic heterocycles. The molecule has 1 unspecified atom stereocenters. The first-order valence-corrected chi connectivity index (χ1v) is 7.17. The lowest BCUT2D eigenvalue weighted by molar-refractivity contribution is 0.298. The second kappa shape index (κ2) is 4.35. The van der Waals surface area contributed by atoms with E-state index >= 15 is 0 Å². The number of sulfonamides is 1. The third kappa shape index (κ3) is 2.09. The number of nitrogens with zero attached hydrogens (tertiary/aromatic N) is 2. The standard InChI is InChI=1S/C9H13ClN2O3S/c1-7-5-9(15-11-7)8-3-2-4-12(8)16(13,14)6-10/h5,8H,2-4,6H2,1H3. The molecule has 0 amide bonds. The van der Waals surface area contributed by atoms with Crippen molar-refractivity contribution in [2.45, 2.75) is 25.8 Å². The molecule has 1 aromatic heterocycles. The molecule has 90 valence electrons. The summed E-state index contributed by atoms with van der Waals surface area (Å²) in [6.45, 7) is 2.31. The highest BCUT2D eigenvalue weighted by molar-refractivity contribution is 7.90. The number of halogens is 1. The van der Waals surface area contributed by atoms with Crippen molar-refractivity contribution in [3.63, 3.8) is 0 Å². The van der Waals surface area contributed by atoms with Crippen LogP contribution in [0.3, 0.4) is 0 Å². The van der Waals surface area contributed by atoms with Crippen LogP contribution in [0.2, 0.25) is 0 Å². The lowest BCUT2D eigenvalue weighted by Crippen LogP contribution is -2.31. The van der Waals surface area contributed by atoms with Gasteiger partial charge in [0.2, 0.25) is 10.0 Å². The Morgan fingerprint density at radius 3 is 3.00 bits per heavy atom. The topological polar surface area (TPSA) is 63.4 Å². The van der Waals surface area contributed by atoms with Gasteiger partial charge in [0.05, 0.1) is 11.7 Å².